The maximum Gasteiger partial charge on any atom is 0.224 e. The molecule has 15 heavy (non-hydrogen) atoms. The molecule has 1 rings (SSSR count). The molecule has 3 N–H and O–H groups in total. The average Bonchev–Trinajstić information content (AvgIpc) is 2.30. The van der Waals surface area contributed by atoms with Gasteiger partial charge in [0.15, 0.2) is 0 Å². The SMILES string of the molecule is O=CNCCCNC(=O)C1CCCNC1. The standard InChI is InChI=1S/C10H19N3O2/c14-8-12-5-2-6-13-10(15)9-3-1-4-11-7-9/h8-9,11H,1-7H2,(H,12,14)(H,13,15). The summed E-state index contributed by atoms with van der Waals surface area (Å²) < 4.78 is 0. The fourth-order valence-electron chi connectivity index (χ4n) is 1.68. The molecule has 0 aliphatic carbocycles. The Labute approximate surface area is 90.0 Å². The first-order chi connectivity index (χ1) is 7.34. The summed E-state index contributed by atoms with van der Waals surface area (Å²) in [6, 6.07) is 0. The molecule has 1 heterocycles. The highest BCUT2D eigenvalue weighted by Gasteiger charge is 2.19. The molecule has 2 amide bonds. The Morgan fingerprint density at radius 3 is 3.00 bits per heavy atom. The van der Waals surface area contributed by atoms with E-state index in [1.165, 1.54) is 0 Å². The molecule has 0 aromatic rings. The molecule has 1 unspecified atom stereocenters. The predicted molar refractivity (Wildman–Crippen MR) is 57.3 cm³/mol. The summed E-state index contributed by atoms with van der Waals surface area (Å²) in [5.74, 6) is 0.256. The monoisotopic (exact) mass is 213 g/mol. The summed E-state index contributed by atoms with van der Waals surface area (Å²) in [6.45, 7) is 3.06. The molecule has 86 valence electrons. The van der Waals surface area contributed by atoms with Crippen molar-refractivity contribution in [2.24, 2.45) is 5.92 Å². The molecule has 5 heteroatoms. The van der Waals surface area contributed by atoms with Gasteiger partial charge in [0, 0.05) is 19.6 Å². The number of amides is 2. The largest absolute Gasteiger partial charge is 0.359 e. The highest BCUT2D eigenvalue weighted by Crippen LogP contribution is 2.09. The highest BCUT2D eigenvalue weighted by atomic mass is 16.2. The van der Waals surface area contributed by atoms with Gasteiger partial charge in [-0.1, -0.05) is 0 Å². The molecule has 1 fully saturated rings. The highest BCUT2D eigenvalue weighted by molar-refractivity contribution is 5.78. The van der Waals surface area contributed by atoms with Crippen molar-refractivity contribution >= 4 is 12.3 Å². The Balaban J connectivity index is 2.04. The molecule has 0 aromatic carbocycles. The molecular weight excluding hydrogens is 194 g/mol. The second-order valence-electron chi connectivity index (χ2n) is 3.76. The maximum atomic E-state index is 11.6. The van der Waals surface area contributed by atoms with Crippen LogP contribution in [0.15, 0.2) is 0 Å². The summed E-state index contributed by atoms with van der Waals surface area (Å²) >= 11 is 0. The van der Waals surface area contributed by atoms with E-state index in [0.717, 1.165) is 32.4 Å². The zero-order valence-corrected chi connectivity index (χ0v) is 8.92. The predicted octanol–water partition coefficient (Wildman–Crippen LogP) is -0.762. The summed E-state index contributed by atoms with van der Waals surface area (Å²) in [6.07, 6.45) is 3.51. The van der Waals surface area contributed by atoms with Crippen molar-refractivity contribution in [1.29, 1.82) is 0 Å². The van der Waals surface area contributed by atoms with Gasteiger partial charge in [0.1, 0.15) is 0 Å². The molecule has 0 bridgehead atoms. The molecule has 0 spiro atoms. The van der Waals surface area contributed by atoms with E-state index in [-0.39, 0.29) is 11.8 Å². The second kappa shape index (κ2) is 7.23. The Hall–Kier alpha value is -1.10. The van der Waals surface area contributed by atoms with Crippen LogP contribution < -0.4 is 16.0 Å². The van der Waals surface area contributed by atoms with E-state index in [1.807, 2.05) is 0 Å². The second-order valence-corrected chi connectivity index (χ2v) is 3.76. The van der Waals surface area contributed by atoms with Crippen molar-refractivity contribution in [3.63, 3.8) is 0 Å². The fraction of sp³-hybridized carbons (Fsp3) is 0.800. The fourth-order valence-corrected chi connectivity index (χ4v) is 1.68. The van der Waals surface area contributed by atoms with Crippen LogP contribution in [0.3, 0.4) is 0 Å². The van der Waals surface area contributed by atoms with E-state index < -0.39 is 0 Å². The van der Waals surface area contributed by atoms with Gasteiger partial charge in [-0.3, -0.25) is 9.59 Å². The number of hydrogen-bond acceptors (Lipinski definition) is 3. The number of nitrogens with one attached hydrogen (secondary N) is 3. The lowest BCUT2D eigenvalue weighted by Crippen LogP contribution is -2.41. The summed E-state index contributed by atoms with van der Waals surface area (Å²) in [7, 11) is 0. The molecule has 0 radical (unpaired) electrons. The van der Waals surface area contributed by atoms with Crippen LogP contribution in [0.1, 0.15) is 19.3 Å². The van der Waals surface area contributed by atoms with Crippen LogP contribution in [0, 0.1) is 5.92 Å². The number of hydrogen-bond donors (Lipinski definition) is 3. The van der Waals surface area contributed by atoms with Gasteiger partial charge in [-0.15, -0.1) is 0 Å². The minimum atomic E-state index is 0.123. The van der Waals surface area contributed by atoms with Gasteiger partial charge in [0.05, 0.1) is 5.92 Å². The first kappa shape index (κ1) is 12.0. The van der Waals surface area contributed by atoms with E-state index >= 15 is 0 Å². The smallest absolute Gasteiger partial charge is 0.224 e. The van der Waals surface area contributed by atoms with E-state index in [4.69, 9.17) is 0 Å². The Morgan fingerprint density at radius 1 is 1.47 bits per heavy atom. The molecule has 1 atom stereocenters. The van der Waals surface area contributed by atoms with Gasteiger partial charge in [-0.25, -0.2) is 0 Å². The average molecular weight is 213 g/mol. The van der Waals surface area contributed by atoms with E-state index in [1.54, 1.807) is 0 Å². The van der Waals surface area contributed by atoms with Crippen molar-refractivity contribution in [1.82, 2.24) is 16.0 Å². The van der Waals surface area contributed by atoms with Crippen molar-refractivity contribution in [3.05, 3.63) is 0 Å². The quantitative estimate of drug-likeness (QED) is 0.401. The van der Waals surface area contributed by atoms with Crippen molar-refractivity contribution in [2.45, 2.75) is 19.3 Å². The van der Waals surface area contributed by atoms with Gasteiger partial charge >= 0.3 is 0 Å². The number of piperidine rings is 1. The molecule has 1 saturated heterocycles. The minimum absolute atomic E-state index is 0.123. The third-order valence-electron chi connectivity index (χ3n) is 2.55. The van der Waals surface area contributed by atoms with Crippen molar-refractivity contribution in [2.75, 3.05) is 26.2 Å². The minimum Gasteiger partial charge on any atom is -0.359 e. The van der Waals surface area contributed by atoms with Crippen LogP contribution in [-0.4, -0.2) is 38.5 Å². The van der Waals surface area contributed by atoms with Gasteiger partial charge < -0.3 is 16.0 Å². The van der Waals surface area contributed by atoms with Gasteiger partial charge in [0.2, 0.25) is 12.3 Å². The molecule has 1 aliphatic heterocycles. The van der Waals surface area contributed by atoms with Crippen LogP contribution in [-0.2, 0) is 9.59 Å². The molecular formula is C10H19N3O2. The first-order valence-corrected chi connectivity index (χ1v) is 5.50. The normalized spacial score (nSPS) is 20.7. The molecule has 5 nitrogen and oxygen atoms in total. The number of carbonyl (C=O) groups excluding carboxylic acids is 2. The topological polar surface area (TPSA) is 70.2 Å². The summed E-state index contributed by atoms with van der Waals surface area (Å²) in [5, 5.41) is 8.64. The van der Waals surface area contributed by atoms with E-state index in [2.05, 4.69) is 16.0 Å². The molecule has 1 aliphatic rings. The summed E-state index contributed by atoms with van der Waals surface area (Å²) in [5.41, 5.74) is 0. The lowest BCUT2D eigenvalue weighted by Gasteiger charge is -2.21. The zero-order chi connectivity index (χ0) is 10.9. The van der Waals surface area contributed by atoms with Gasteiger partial charge in [-0.05, 0) is 25.8 Å². The first-order valence-electron chi connectivity index (χ1n) is 5.50. The van der Waals surface area contributed by atoms with Crippen molar-refractivity contribution < 1.29 is 9.59 Å². The number of rotatable bonds is 6. The Bertz CT molecular complexity index is 203. The Kier molecular flexibility index (Phi) is 5.77. The van der Waals surface area contributed by atoms with Crippen LogP contribution >= 0.6 is 0 Å². The summed E-state index contributed by atoms with van der Waals surface area (Å²) in [4.78, 5) is 21.5. The Morgan fingerprint density at radius 2 is 2.33 bits per heavy atom. The molecule has 0 aromatic heterocycles. The number of carbonyl (C=O) groups is 2. The van der Waals surface area contributed by atoms with Crippen LogP contribution in [0.2, 0.25) is 0 Å². The van der Waals surface area contributed by atoms with Crippen LogP contribution in [0.25, 0.3) is 0 Å². The van der Waals surface area contributed by atoms with Crippen LogP contribution in [0.4, 0.5) is 0 Å². The van der Waals surface area contributed by atoms with Crippen LogP contribution in [0.5, 0.6) is 0 Å². The van der Waals surface area contributed by atoms with Gasteiger partial charge in [0.25, 0.3) is 0 Å². The zero-order valence-electron chi connectivity index (χ0n) is 8.92. The third-order valence-corrected chi connectivity index (χ3v) is 2.55. The maximum absolute atomic E-state index is 11.6. The van der Waals surface area contributed by atoms with Crippen molar-refractivity contribution in [3.8, 4) is 0 Å². The molecule has 0 saturated carbocycles. The van der Waals surface area contributed by atoms with E-state index in [0.29, 0.717) is 19.5 Å². The lowest BCUT2D eigenvalue weighted by molar-refractivity contribution is -0.125. The third kappa shape index (κ3) is 4.78. The lowest BCUT2D eigenvalue weighted by atomic mass is 9.99. The van der Waals surface area contributed by atoms with Gasteiger partial charge in [-0.2, -0.15) is 0 Å². The van der Waals surface area contributed by atoms with E-state index in [9.17, 15) is 9.59 Å².